The van der Waals surface area contributed by atoms with Gasteiger partial charge in [-0.15, -0.1) is 0 Å². The van der Waals surface area contributed by atoms with Gasteiger partial charge in [-0.25, -0.2) is 13.1 Å². The van der Waals surface area contributed by atoms with Crippen molar-refractivity contribution in [2.75, 3.05) is 0 Å². The van der Waals surface area contributed by atoms with Crippen LogP contribution in [0.15, 0.2) is 83.9 Å². The molecule has 0 radical (unpaired) electrons. The molecule has 0 saturated carbocycles. The third kappa shape index (κ3) is 4.45. The highest BCUT2D eigenvalue weighted by Gasteiger charge is 2.32. The molecule has 4 aromatic rings. The highest BCUT2D eigenvalue weighted by atomic mass is 32.2. The van der Waals surface area contributed by atoms with E-state index < -0.39 is 32.6 Å². The summed E-state index contributed by atoms with van der Waals surface area (Å²) in [6, 6.07) is 16.1. The lowest BCUT2D eigenvalue weighted by Crippen LogP contribution is -2.31. The van der Waals surface area contributed by atoms with Crippen LogP contribution in [0.4, 0.5) is 13.2 Å². The molecule has 0 aliphatic rings. The number of halogens is 3. The van der Waals surface area contributed by atoms with Gasteiger partial charge in [0.25, 0.3) is 15.9 Å². The van der Waals surface area contributed by atoms with Crippen molar-refractivity contribution in [3.05, 3.63) is 90.1 Å². The summed E-state index contributed by atoms with van der Waals surface area (Å²) in [4.78, 5) is 15.1. The third-order valence-electron chi connectivity index (χ3n) is 4.58. The predicted octanol–water partition coefficient (Wildman–Crippen LogP) is 5.10. The summed E-state index contributed by atoms with van der Waals surface area (Å²) in [5, 5.41) is 0.872. The molecule has 1 amide bonds. The molecule has 10 heteroatoms. The van der Waals surface area contributed by atoms with Crippen molar-refractivity contribution in [3.63, 3.8) is 0 Å². The van der Waals surface area contributed by atoms with Gasteiger partial charge in [0.2, 0.25) is 0 Å². The number of H-pyrrole nitrogens is 1. The first-order valence-corrected chi connectivity index (χ1v) is 10.7. The number of fused-ring (bicyclic) bond motifs is 1. The van der Waals surface area contributed by atoms with E-state index in [0.29, 0.717) is 11.8 Å². The van der Waals surface area contributed by atoms with Gasteiger partial charge in [0.15, 0.2) is 0 Å². The van der Waals surface area contributed by atoms with E-state index in [1.807, 2.05) is 6.07 Å². The zero-order valence-electron chi connectivity index (χ0n) is 16.2. The molecule has 0 saturated heterocycles. The number of carbonyl (C=O) groups excluding carboxylic acids is 1. The number of benzene rings is 3. The summed E-state index contributed by atoms with van der Waals surface area (Å²) < 4.78 is 71.4. The van der Waals surface area contributed by atoms with Gasteiger partial charge in [-0.2, -0.15) is 13.2 Å². The van der Waals surface area contributed by atoms with Gasteiger partial charge in [-0.3, -0.25) is 4.79 Å². The maximum absolute atomic E-state index is 12.9. The summed E-state index contributed by atoms with van der Waals surface area (Å²) >= 11 is 0. The minimum absolute atomic E-state index is 0.0825. The Kier molecular flexibility index (Phi) is 5.39. The monoisotopic (exact) mass is 460 g/mol. The Bertz CT molecular complexity index is 1410. The summed E-state index contributed by atoms with van der Waals surface area (Å²) in [5.41, 5.74) is -0.357. The summed E-state index contributed by atoms with van der Waals surface area (Å²) in [6.45, 7) is 0. The fraction of sp³-hybridized carbons (Fsp3) is 0.0455. The molecule has 6 nitrogen and oxygen atoms in total. The molecule has 164 valence electrons. The number of sulfonamides is 1. The van der Waals surface area contributed by atoms with Crippen molar-refractivity contribution >= 4 is 26.8 Å². The normalized spacial score (nSPS) is 12.0. The van der Waals surface area contributed by atoms with E-state index in [1.54, 1.807) is 35.2 Å². The summed E-state index contributed by atoms with van der Waals surface area (Å²) in [7, 11) is -4.56. The number of aromatic nitrogens is 1. The quantitative estimate of drug-likeness (QED) is 0.434. The lowest BCUT2D eigenvalue weighted by atomic mass is 10.2. The van der Waals surface area contributed by atoms with Crippen LogP contribution in [0.3, 0.4) is 0 Å². The first-order chi connectivity index (χ1) is 15.1. The number of ether oxygens (including phenoxy) is 1. The molecular weight excluding hydrogens is 445 g/mol. The molecule has 0 spiro atoms. The number of nitrogens with one attached hydrogen (secondary N) is 2. The smallest absolute Gasteiger partial charge is 0.416 e. The number of hydrogen-bond donors (Lipinski definition) is 2. The Balaban J connectivity index is 1.60. The fourth-order valence-corrected chi connectivity index (χ4v) is 4.05. The van der Waals surface area contributed by atoms with E-state index in [9.17, 15) is 26.4 Å². The van der Waals surface area contributed by atoms with E-state index in [-0.39, 0.29) is 11.3 Å². The molecule has 0 aliphatic heterocycles. The van der Waals surface area contributed by atoms with Crippen LogP contribution >= 0.6 is 0 Å². The van der Waals surface area contributed by atoms with E-state index in [4.69, 9.17) is 4.74 Å². The lowest BCUT2D eigenvalue weighted by Gasteiger charge is -2.13. The zero-order valence-corrected chi connectivity index (χ0v) is 17.0. The molecule has 0 aliphatic carbocycles. The molecular formula is C22H15F3N2O4S. The van der Waals surface area contributed by atoms with E-state index in [2.05, 4.69) is 4.98 Å². The van der Waals surface area contributed by atoms with Crippen molar-refractivity contribution in [1.29, 1.82) is 0 Å². The van der Waals surface area contributed by atoms with Crippen molar-refractivity contribution in [2.45, 2.75) is 11.1 Å². The number of carbonyl (C=O) groups is 1. The molecule has 2 N–H and O–H groups in total. The number of aromatic amines is 1. The fourth-order valence-electron chi connectivity index (χ4n) is 3.04. The second-order valence-corrected chi connectivity index (χ2v) is 8.47. The summed E-state index contributed by atoms with van der Waals surface area (Å²) in [5.74, 6) is -0.544. The Morgan fingerprint density at radius 3 is 2.50 bits per heavy atom. The van der Waals surface area contributed by atoms with Crippen molar-refractivity contribution in [3.8, 4) is 11.5 Å². The second-order valence-electron chi connectivity index (χ2n) is 6.79. The lowest BCUT2D eigenvalue weighted by molar-refractivity contribution is -0.137. The van der Waals surface area contributed by atoms with Crippen LogP contribution in [-0.4, -0.2) is 19.3 Å². The Labute approximate surface area is 180 Å². The van der Waals surface area contributed by atoms with Gasteiger partial charge in [0.1, 0.15) is 11.5 Å². The molecule has 1 heterocycles. The molecule has 4 rings (SSSR count). The number of alkyl halides is 3. The van der Waals surface area contributed by atoms with Gasteiger partial charge in [-0.1, -0.05) is 18.2 Å². The van der Waals surface area contributed by atoms with E-state index >= 15 is 0 Å². The molecule has 32 heavy (non-hydrogen) atoms. The van der Waals surface area contributed by atoms with Crippen molar-refractivity contribution < 1.29 is 31.1 Å². The van der Waals surface area contributed by atoms with Gasteiger partial charge in [0.05, 0.1) is 16.0 Å². The minimum atomic E-state index is -4.73. The standard InChI is InChI=1S/C22H15F3N2O4S/c23-22(24,25)15-4-3-5-17(13-15)32(29,30)27-21(28)18-6-1-2-7-20(18)31-16-8-9-19-14(12-16)10-11-26-19/h1-13,26H,(H,27,28). The van der Waals surface area contributed by atoms with Gasteiger partial charge < -0.3 is 9.72 Å². The highest BCUT2D eigenvalue weighted by molar-refractivity contribution is 7.90. The Morgan fingerprint density at radius 2 is 1.72 bits per heavy atom. The molecule has 0 bridgehead atoms. The number of rotatable bonds is 5. The van der Waals surface area contributed by atoms with Crippen LogP contribution in [0.25, 0.3) is 10.9 Å². The van der Waals surface area contributed by atoms with Crippen molar-refractivity contribution in [1.82, 2.24) is 9.71 Å². The topological polar surface area (TPSA) is 88.3 Å². The highest BCUT2D eigenvalue weighted by Crippen LogP contribution is 2.31. The van der Waals surface area contributed by atoms with Crippen molar-refractivity contribution in [2.24, 2.45) is 0 Å². The number of hydrogen-bond acceptors (Lipinski definition) is 4. The largest absolute Gasteiger partial charge is 0.457 e. The van der Waals surface area contributed by atoms with Crippen LogP contribution < -0.4 is 9.46 Å². The first kappa shape index (κ1) is 21.4. The van der Waals surface area contributed by atoms with E-state index in [0.717, 1.165) is 29.1 Å². The van der Waals surface area contributed by atoms with Crippen LogP contribution in [0.2, 0.25) is 0 Å². The SMILES string of the molecule is O=C(NS(=O)(=O)c1cccc(C(F)(F)F)c1)c1ccccc1Oc1ccc2[nH]ccc2c1. The second kappa shape index (κ2) is 8.04. The van der Waals surface area contributed by atoms with E-state index in [1.165, 1.54) is 18.2 Å². The summed E-state index contributed by atoms with van der Waals surface area (Å²) in [6.07, 6.45) is -2.97. The molecule has 0 fully saturated rings. The van der Waals surface area contributed by atoms with Gasteiger partial charge >= 0.3 is 6.18 Å². The zero-order chi connectivity index (χ0) is 22.9. The maximum atomic E-state index is 12.9. The Morgan fingerprint density at radius 1 is 0.938 bits per heavy atom. The Hall–Kier alpha value is -3.79. The van der Waals surface area contributed by atoms with Crippen LogP contribution in [0.5, 0.6) is 11.5 Å². The van der Waals surface area contributed by atoms with Crippen LogP contribution in [0, 0.1) is 0 Å². The average Bonchev–Trinajstić information content (AvgIpc) is 3.21. The predicted molar refractivity (Wildman–Crippen MR) is 111 cm³/mol. The van der Waals surface area contributed by atoms with Crippen LogP contribution in [-0.2, 0) is 16.2 Å². The number of para-hydroxylation sites is 1. The average molecular weight is 460 g/mol. The minimum Gasteiger partial charge on any atom is -0.457 e. The molecule has 3 aromatic carbocycles. The molecule has 0 atom stereocenters. The van der Waals surface area contributed by atoms with Crippen LogP contribution in [0.1, 0.15) is 15.9 Å². The first-order valence-electron chi connectivity index (χ1n) is 9.22. The number of amides is 1. The van der Waals surface area contributed by atoms with Gasteiger partial charge in [-0.05, 0) is 54.6 Å². The third-order valence-corrected chi connectivity index (χ3v) is 5.91. The molecule has 0 unspecified atom stereocenters. The van der Waals surface area contributed by atoms with Gasteiger partial charge in [0, 0.05) is 17.1 Å². The maximum Gasteiger partial charge on any atom is 0.416 e. The molecule has 1 aromatic heterocycles.